The van der Waals surface area contributed by atoms with Crippen LogP contribution in [0.4, 0.5) is 0 Å². The maximum Gasteiger partial charge on any atom is 0.310 e. The van der Waals surface area contributed by atoms with Crippen LogP contribution in [0.15, 0.2) is 0 Å². The largest absolute Gasteiger partial charge is 0.469 e. The van der Waals surface area contributed by atoms with Gasteiger partial charge in [0.25, 0.3) is 0 Å². The highest BCUT2D eigenvalue weighted by molar-refractivity contribution is 5.80. The lowest BCUT2D eigenvalue weighted by molar-refractivity contribution is -0.150. The van der Waals surface area contributed by atoms with E-state index in [4.69, 9.17) is 9.84 Å². The number of aliphatic hydroxyl groups excluding tert-OH is 1. The molecule has 2 unspecified atom stereocenters. The minimum absolute atomic E-state index is 0.0626. The highest BCUT2D eigenvalue weighted by Gasteiger charge is 2.34. The molecule has 1 saturated heterocycles. The highest BCUT2D eigenvalue weighted by atomic mass is 16.5. The second-order valence-corrected chi connectivity index (χ2v) is 5.58. The number of ether oxygens (including phenoxy) is 1. The first-order valence-electron chi connectivity index (χ1n) is 7.20. The van der Waals surface area contributed by atoms with Crippen LogP contribution in [0.3, 0.4) is 0 Å². The summed E-state index contributed by atoms with van der Waals surface area (Å²) in [5.74, 6) is -0.555. The number of carbonyl (C=O) groups excluding carboxylic acids is 2. The van der Waals surface area contributed by atoms with Gasteiger partial charge in [-0.05, 0) is 19.4 Å². The average molecular weight is 286 g/mol. The lowest BCUT2D eigenvalue weighted by Crippen LogP contribution is -2.54. The summed E-state index contributed by atoms with van der Waals surface area (Å²) in [5.41, 5.74) is 0. The van der Waals surface area contributed by atoms with E-state index in [1.165, 1.54) is 7.11 Å². The molecule has 2 N–H and O–H groups in total. The molecular weight excluding hydrogens is 260 g/mol. The molecule has 6 heteroatoms. The molecular formula is C14H26N2O4. The number of likely N-dealkylation sites (tertiary alicyclic amines) is 1. The van der Waals surface area contributed by atoms with Crippen molar-refractivity contribution >= 4 is 11.9 Å². The monoisotopic (exact) mass is 286 g/mol. The van der Waals surface area contributed by atoms with E-state index in [0.717, 1.165) is 0 Å². The first-order valence-corrected chi connectivity index (χ1v) is 7.20. The van der Waals surface area contributed by atoms with E-state index in [1.807, 2.05) is 13.8 Å². The van der Waals surface area contributed by atoms with Gasteiger partial charge in [0.05, 0.1) is 13.0 Å². The molecule has 20 heavy (non-hydrogen) atoms. The summed E-state index contributed by atoms with van der Waals surface area (Å²) in [4.78, 5) is 25.6. The fourth-order valence-corrected chi connectivity index (χ4v) is 2.51. The Morgan fingerprint density at radius 2 is 2.10 bits per heavy atom. The molecule has 1 aliphatic heterocycles. The number of methoxy groups -OCH3 is 1. The number of carbonyl (C=O) groups is 2. The number of nitrogens with zero attached hydrogens (tertiary/aromatic N) is 1. The van der Waals surface area contributed by atoms with Crippen LogP contribution in [0.25, 0.3) is 0 Å². The summed E-state index contributed by atoms with van der Waals surface area (Å²) in [6, 6.07) is 0.0714. The second-order valence-electron chi connectivity index (χ2n) is 5.58. The number of esters is 1. The average Bonchev–Trinajstić information content (AvgIpc) is 2.45. The first-order chi connectivity index (χ1) is 9.49. The van der Waals surface area contributed by atoms with Crippen LogP contribution in [0.2, 0.25) is 0 Å². The van der Waals surface area contributed by atoms with Crippen molar-refractivity contribution in [2.45, 2.75) is 32.7 Å². The Balaban J connectivity index is 2.67. The van der Waals surface area contributed by atoms with Crippen molar-refractivity contribution in [1.29, 1.82) is 0 Å². The molecule has 1 aliphatic rings. The van der Waals surface area contributed by atoms with Crippen molar-refractivity contribution in [1.82, 2.24) is 10.2 Å². The third-order valence-corrected chi connectivity index (χ3v) is 3.56. The second kappa shape index (κ2) is 8.21. The van der Waals surface area contributed by atoms with Crippen LogP contribution in [0.1, 0.15) is 26.7 Å². The van der Waals surface area contributed by atoms with Gasteiger partial charge < -0.3 is 20.1 Å². The summed E-state index contributed by atoms with van der Waals surface area (Å²) in [6.07, 6.45) is 1.33. The summed E-state index contributed by atoms with van der Waals surface area (Å²) >= 11 is 0. The molecule has 0 radical (unpaired) electrons. The van der Waals surface area contributed by atoms with Crippen LogP contribution < -0.4 is 5.32 Å². The molecule has 0 aromatic rings. The summed E-state index contributed by atoms with van der Waals surface area (Å²) < 4.78 is 4.81. The van der Waals surface area contributed by atoms with E-state index in [2.05, 4.69) is 5.32 Å². The van der Waals surface area contributed by atoms with Gasteiger partial charge in [0.1, 0.15) is 0 Å². The SMILES string of the molecule is COC(=O)C1CC(NCCCO)CN(C(=O)C(C)C)C1. The Morgan fingerprint density at radius 3 is 2.65 bits per heavy atom. The Hall–Kier alpha value is -1.14. The van der Waals surface area contributed by atoms with E-state index in [1.54, 1.807) is 4.90 Å². The molecule has 0 spiro atoms. The summed E-state index contributed by atoms with van der Waals surface area (Å²) in [7, 11) is 1.37. The Labute approximate surface area is 120 Å². The lowest BCUT2D eigenvalue weighted by atomic mass is 9.93. The van der Waals surface area contributed by atoms with Crippen molar-refractivity contribution in [2.75, 3.05) is 33.4 Å². The number of aliphatic hydroxyl groups is 1. The predicted molar refractivity (Wildman–Crippen MR) is 75.0 cm³/mol. The van der Waals surface area contributed by atoms with E-state index in [0.29, 0.717) is 32.5 Å². The number of hydrogen-bond acceptors (Lipinski definition) is 5. The molecule has 1 heterocycles. The van der Waals surface area contributed by atoms with Gasteiger partial charge in [-0.1, -0.05) is 13.8 Å². The van der Waals surface area contributed by atoms with Crippen LogP contribution in [-0.4, -0.2) is 61.3 Å². The molecule has 1 amide bonds. The molecule has 0 bridgehead atoms. The zero-order valence-electron chi connectivity index (χ0n) is 12.6. The van der Waals surface area contributed by atoms with Crippen LogP contribution >= 0.6 is 0 Å². The van der Waals surface area contributed by atoms with Gasteiger partial charge in [0, 0.05) is 31.7 Å². The lowest BCUT2D eigenvalue weighted by Gasteiger charge is -2.38. The van der Waals surface area contributed by atoms with Gasteiger partial charge in [-0.25, -0.2) is 0 Å². The zero-order chi connectivity index (χ0) is 15.1. The normalized spacial score (nSPS) is 22.9. The van der Waals surface area contributed by atoms with E-state index in [-0.39, 0.29) is 36.4 Å². The summed E-state index contributed by atoms with van der Waals surface area (Å²) in [5, 5.41) is 12.1. The third-order valence-electron chi connectivity index (χ3n) is 3.56. The quantitative estimate of drug-likeness (QED) is 0.531. The first kappa shape index (κ1) is 16.9. The topological polar surface area (TPSA) is 78.9 Å². The van der Waals surface area contributed by atoms with Crippen molar-refractivity contribution < 1.29 is 19.4 Å². The molecule has 0 aliphatic carbocycles. The Morgan fingerprint density at radius 1 is 1.40 bits per heavy atom. The van der Waals surface area contributed by atoms with E-state index in [9.17, 15) is 9.59 Å². The van der Waals surface area contributed by atoms with Crippen LogP contribution in [-0.2, 0) is 14.3 Å². The van der Waals surface area contributed by atoms with Gasteiger partial charge in [0.15, 0.2) is 0 Å². The number of amides is 1. The van der Waals surface area contributed by atoms with Crippen molar-refractivity contribution in [2.24, 2.45) is 11.8 Å². The van der Waals surface area contributed by atoms with Crippen molar-refractivity contribution in [3.05, 3.63) is 0 Å². The molecule has 0 aromatic heterocycles. The third kappa shape index (κ3) is 4.76. The minimum Gasteiger partial charge on any atom is -0.469 e. The smallest absolute Gasteiger partial charge is 0.310 e. The number of nitrogens with one attached hydrogen (secondary N) is 1. The Bertz CT molecular complexity index is 333. The molecule has 0 aromatic carbocycles. The number of hydrogen-bond donors (Lipinski definition) is 2. The molecule has 1 fully saturated rings. The van der Waals surface area contributed by atoms with E-state index < -0.39 is 0 Å². The van der Waals surface area contributed by atoms with E-state index >= 15 is 0 Å². The van der Waals surface area contributed by atoms with Gasteiger partial charge in [-0.2, -0.15) is 0 Å². The fraction of sp³-hybridized carbons (Fsp3) is 0.857. The predicted octanol–water partition coefficient (Wildman–Crippen LogP) is 0.00450. The summed E-state index contributed by atoms with van der Waals surface area (Å²) in [6.45, 7) is 5.57. The highest BCUT2D eigenvalue weighted by Crippen LogP contribution is 2.20. The maximum atomic E-state index is 12.1. The van der Waals surface area contributed by atoms with Gasteiger partial charge in [-0.3, -0.25) is 9.59 Å². The fourth-order valence-electron chi connectivity index (χ4n) is 2.51. The van der Waals surface area contributed by atoms with Crippen LogP contribution in [0, 0.1) is 11.8 Å². The Kier molecular flexibility index (Phi) is 6.95. The molecule has 1 rings (SSSR count). The van der Waals surface area contributed by atoms with Crippen LogP contribution in [0.5, 0.6) is 0 Å². The maximum absolute atomic E-state index is 12.1. The standard InChI is InChI=1S/C14H26N2O4/c1-10(2)13(18)16-8-11(14(19)20-3)7-12(9-16)15-5-4-6-17/h10-12,15,17H,4-9H2,1-3H3. The minimum atomic E-state index is -0.275. The molecule has 116 valence electrons. The van der Waals surface area contributed by atoms with Gasteiger partial charge in [0.2, 0.25) is 5.91 Å². The molecule has 6 nitrogen and oxygen atoms in total. The van der Waals surface area contributed by atoms with Crippen molar-refractivity contribution in [3.63, 3.8) is 0 Å². The molecule has 2 atom stereocenters. The van der Waals surface area contributed by atoms with Crippen molar-refractivity contribution in [3.8, 4) is 0 Å². The zero-order valence-corrected chi connectivity index (χ0v) is 12.6. The van der Waals surface area contributed by atoms with Gasteiger partial charge in [-0.15, -0.1) is 0 Å². The molecule has 0 saturated carbocycles. The number of piperidine rings is 1. The number of rotatable bonds is 6. The van der Waals surface area contributed by atoms with Gasteiger partial charge >= 0.3 is 5.97 Å².